The molecular formula is C55H100O3. The van der Waals surface area contributed by atoms with Crippen LogP contribution in [0.3, 0.4) is 0 Å². The Morgan fingerprint density at radius 1 is 0.483 bits per heavy atom. The molecule has 0 bridgehead atoms. The predicted molar refractivity (Wildman–Crippen MR) is 256 cm³/mol. The van der Waals surface area contributed by atoms with Crippen LogP contribution in [0, 0.1) is 5.92 Å². The number of carbonyl (C=O) groups excluding carboxylic acids is 1. The number of rotatable bonds is 43. The van der Waals surface area contributed by atoms with Crippen LogP contribution in [-0.4, -0.2) is 17.7 Å². The van der Waals surface area contributed by atoms with Gasteiger partial charge in [-0.05, 0) is 64.9 Å². The average Bonchev–Trinajstić information content (AvgIpc) is 3.20. The molecule has 2 atom stereocenters. The van der Waals surface area contributed by atoms with E-state index < -0.39 is 5.60 Å². The Hall–Kier alpha value is -1.61. The van der Waals surface area contributed by atoms with Gasteiger partial charge in [-0.15, -0.1) is 0 Å². The smallest absolute Gasteiger partial charge is 0.312 e. The van der Waals surface area contributed by atoms with Crippen LogP contribution in [-0.2, 0) is 20.9 Å². The summed E-state index contributed by atoms with van der Waals surface area (Å²) in [6, 6.07) is 10.4. The van der Waals surface area contributed by atoms with Crippen molar-refractivity contribution < 1.29 is 14.3 Å². The van der Waals surface area contributed by atoms with Gasteiger partial charge >= 0.3 is 5.97 Å². The van der Waals surface area contributed by atoms with Crippen LogP contribution in [0.2, 0.25) is 0 Å². The van der Waals surface area contributed by atoms with Crippen molar-refractivity contribution in [3.63, 3.8) is 0 Å². The van der Waals surface area contributed by atoms with Crippen LogP contribution in [0.15, 0.2) is 42.5 Å². The van der Waals surface area contributed by atoms with Crippen molar-refractivity contribution in [3.05, 3.63) is 48.0 Å². The molecule has 0 spiro atoms. The minimum absolute atomic E-state index is 0.0739. The summed E-state index contributed by atoms with van der Waals surface area (Å²) in [4.78, 5) is 13.7. The number of carbonyl (C=O) groups is 1. The van der Waals surface area contributed by atoms with E-state index in [4.69, 9.17) is 9.47 Å². The monoisotopic (exact) mass is 809 g/mol. The van der Waals surface area contributed by atoms with Crippen LogP contribution >= 0.6 is 0 Å². The van der Waals surface area contributed by atoms with Gasteiger partial charge in [0.25, 0.3) is 0 Å². The lowest BCUT2D eigenvalue weighted by Crippen LogP contribution is -2.36. The van der Waals surface area contributed by atoms with E-state index in [-0.39, 0.29) is 18.0 Å². The predicted octanol–water partition coefficient (Wildman–Crippen LogP) is 18.6. The highest BCUT2D eigenvalue weighted by atomic mass is 16.6. The zero-order valence-electron chi connectivity index (χ0n) is 39.8. The molecule has 0 fully saturated rings. The number of hydrogen-bond donors (Lipinski definition) is 0. The lowest BCUT2D eigenvalue weighted by molar-refractivity contribution is -0.167. The summed E-state index contributed by atoms with van der Waals surface area (Å²) in [6.07, 6.45) is 53.9. The maximum absolute atomic E-state index is 13.7. The van der Waals surface area contributed by atoms with Crippen LogP contribution in [0.4, 0.5) is 0 Å². The first-order chi connectivity index (χ1) is 28.4. The van der Waals surface area contributed by atoms with Crippen molar-refractivity contribution in [1.82, 2.24) is 0 Å². The standard InChI is InChI=1S/C55H100O3/c1-6-8-10-12-14-16-18-20-22-24-26-28-30-32-34-36-38-40-45-49-53(57-50-51-46-42-41-43-47-51)52(54(56)58-55(3,4)5)48-44-39-37-35-33-31-29-27-25-23-21-19-17-15-13-11-9-7-2/h34,36,41-43,46-47,52-53H,6-33,35,37-40,44-45,48-50H2,1-5H3/b36-34-/t52-,53-/m1/s1. The zero-order valence-corrected chi connectivity index (χ0v) is 39.8. The van der Waals surface area contributed by atoms with Gasteiger partial charge in [-0.1, -0.05) is 255 Å². The lowest BCUT2D eigenvalue weighted by atomic mass is 9.91. The molecule has 3 nitrogen and oxygen atoms in total. The Bertz CT molecular complexity index is 1010. The zero-order chi connectivity index (χ0) is 42.0. The molecule has 0 aliphatic carbocycles. The van der Waals surface area contributed by atoms with Crippen molar-refractivity contribution in [2.75, 3.05) is 0 Å². The highest BCUT2D eigenvalue weighted by Crippen LogP contribution is 2.27. The van der Waals surface area contributed by atoms with Crippen LogP contribution < -0.4 is 0 Å². The normalized spacial score (nSPS) is 13.1. The van der Waals surface area contributed by atoms with E-state index in [0.717, 1.165) is 38.5 Å². The topological polar surface area (TPSA) is 35.5 Å². The number of allylic oxidation sites excluding steroid dienone is 2. The van der Waals surface area contributed by atoms with E-state index in [1.165, 1.54) is 205 Å². The number of ether oxygens (including phenoxy) is 2. The lowest BCUT2D eigenvalue weighted by Gasteiger charge is -2.29. The first kappa shape index (κ1) is 54.4. The van der Waals surface area contributed by atoms with Gasteiger partial charge in [0.1, 0.15) is 5.60 Å². The fraction of sp³-hybridized carbons (Fsp3) is 0.836. The minimum atomic E-state index is -0.495. The van der Waals surface area contributed by atoms with Gasteiger partial charge in [-0.3, -0.25) is 4.79 Å². The Morgan fingerprint density at radius 3 is 1.22 bits per heavy atom. The van der Waals surface area contributed by atoms with Crippen molar-refractivity contribution in [1.29, 1.82) is 0 Å². The third kappa shape index (κ3) is 36.3. The van der Waals surface area contributed by atoms with Gasteiger partial charge in [-0.25, -0.2) is 0 Å². The third-order valence-corrected chi connectivity index (χ3v) is 12.1. The molecule has 0 aliphatic rings. The molecule has 0 saturated heterocycles. The fourth-order valence-electron chi connectivity index (χ4n) is 8.40. The van der Waals surface area contributed by atoms with E-state index in [2.05, 4.69) is 56.3 Å². The Balaban J connectivity index is 2.37. The molecule has 1 aromatic rings. The molecule has 338 valence electrons. The Morgan fingerprint density at radius 2 is 0.828 bits per heavy atom. The van der Waals surface area contributed by atoms with Crippen LogP contribution in [0.1, 0.15) is 278 Å². The molecule has 0 saturated carbocycles. The molecule has 0 radical (unpaired) electrons. The summed E-state index contributed by atoms with van der Waals surface area (Å²) < 4.78 is 12.7. The first-order valence-corrected chi connectivity index (χ1v) is 25.9. The van der Waals surface area contributed by atoms with Gasteiger partial charge in [0, 0.05) is 0 Å². The molecule has 0 aliphatic heterocycles. The second kappa shape index (κ2) is 40.8. The van der Waals surface area contributed by atoms with Crippen molar-refractivity contribution in [3.8, 4) is 0 Å². The van der Waals surface area contributed by atoms with Gasteiger partial charge in [-0.2, -0.15) is 0 Å². The van der Waals surface area contributed by atoms with Gasteiger partial charge in [0.2, 0.25) is 0 Å². The second-order valence-corrected chi connectivity index (χ2v) is 19.1. The number of esters is 1. The molecular weight excluding hydrogens is 709 g/mol. The van der Waals surface area contributed by atoms with E-state index >= 15 is 0 Å². The van der Waals surface area contributed by atoms with Crippen molar-refractivity contribution in [2.24, 2.45) is 5.92 Å². The van der Waals surface area contributed by atoms with E-state index in [1.54, 1.807) is 0 Å². The SMILES string of the molecule is CCCCCCCCCCCCCCC/C=C\CCCC[C@@H](OCc1ccccc1)[C@@H](CCCCCCCCCCCCCCCCCCCC)C(=O)OC(C)(C)C. The molecule has 0 heterocycles. The Kier molecular flexibility index (Phi) is 38.3. The largest absolute Gasteiger partial charge is 0.460 e. The Labute approximate surface area is 363 Å². The summed E-state index contributed by atoms with van der Waals surface area (Å²) in [5.41, 5.74) is 0.672. The molecule has 1 aromatic carbocycles. The minimum Gasteiger partial charge on any atom is -0.460 e. The van der Waals surface area contributed by atoms with E-state index in [0.29, 0.717) is 6.61 Å². The molecule has 0 aromatic heterocycles. The molecule has 58 heavy (non-hydrogen) atoms. The average molecular weight is 809 g/mol. The van der Waals surface area contributed by atoms with E-state index in [9.17, 15) is 4.79 Å². The summed E-state index contributed by atoms with van der Waals surface area (Å²) >= 11 is 0. The molecule has 3 heteroatoms. The maximum atomic E-state index is 13.7. The highest BCUT2D eigenvalue weighted by Gasteiger charge is 2.32. The van der Waals surface area contributed by atoms with Crippen LogP contribution in [0.25, 0.3) is 0 Å². The quantitative estimate of drug-likeness (QED) is 0.0374. The van der Waals surface area contributed by atoms with Gasteiger partial charge in [0.15, 0.2) is 0 Å². The maximum Gasteiger partial charge on any atom is 0.312 e. The number of hydrogen-bond acceptors (Lipinski definition) is 3. The summed E-state index contributed by atoms with van der Waals surface area (Å²) in [5.74, 6) is -0.287. The number of benzene rings is 1. The second-order valence-electron chi connectivity index (χ2n) is 19.1. The van der Waals surface area contributed by atoms with Crippen molar-refractivity contribution >= 4 is 5.97 Å². The fourth-order valence-corrected chi connectivity index (χ4v) is 8.40. The van der Waals surface area contributed by atoms with Crippen LogP contribution in [0.5, 0.6) is 0 Å². The molecule has 0 amide bonds. The third-order valence-electron chi connectivity index (χ3n) is 12.1. The molecule has 1 rings (SSSR count). The molecule has 0 N–H and O–H groups in total. The van der Waals surface area contributed by atoms with Crippen molar-refractivity contribution in [2.45, 2.75) is 291 Å². The highest BCUT2D eigenvalue weighted by molar-refractivity contribution is 5.73. The van der Waals surface area contributed by atoms with Gasteiger partial charge < -0.3 is 9.47 Å². The first-order valence-electron chi connectivity index (χ1n) is 25.9. The summed E-state index contributed by atoms with van der Waals surface area (Å²) in [5, 5.41) is 0. The van der Waals surface area contributed by atoms with Gasteiger partial charge in [0.05, 0.1) is 18.6 Å². The summed E-state index contributed by atoms with van der Waals surface area (Å²) in [7, 11) is 0. The summed E-state index contributed by atoms with van der Waals surface area (Å²) in [6.45, 7) is 11.1. The number of unbranched alkanes of at least 4 members (excludes halogenated alkanes) is 32. The molecule has 0 unspecified atom stereocenters. The van der Waals surface area contributed by atoms with E-state index in [1.807, 2.05) is 20.8 Å².